The van der Waals surface area contributed by atoms with Crippen LogP contribution in [0.5, 0.6) is 5.75 Å². The number of rotatable bonds is 7. The average molecular weight is 503 g/mol. The Bertz CT molecular complexity index is 1220. The van der Waals surface area contributed by atoms with Crippen LogP contribution in [0.1, 0.15) is 43.7 Å². The summed E-state index contributed by atoms with van der Waals surface area (Å²) in [5, 5.41) is 3.58. The molecule has 1 heterocycles. The number of halogens is 1. The van der Waals surface area contributed by atoms with Crippen LogP contribution in [0.15, 0.2) is 83.8 Å². The van der Waals surface area contributed by atoms with E-state index in [9.17, 15) is 9.18 Å². The summed E-state index contributed by atoms with van der Waals surface area (Å²) in [6.07, 6.45) is 6.58. The van der Waals surface area contributed by atoms with Crippen molar-refractivity contribution in [2.24, 2.45) is 5.92 Å². The van der Waals surface area contributed by atoms with Gasteiger partial charge in [-0.3, -0.25) is 4.79 Å². The van der Waals surface area contributed by atoms with Gasteiger partial charge in [-0.2, -0.15) is 0 Å². The van der Waals surface area contributed by atoms with Crippen molar-refractivity contribution in [3.63, 3.8) is 0 Å². The molecule has 1 saturated carbocycles. The van der Waals surface area contributed by atoms with Crippen LogP contribution >= 0.6 is 11.8 Å². The molecule has 3 aromatic carbocycles. The Kier molecular flexibility index (Phi) is 7.61. The molecular weight excluding hydrogens is 471 g/mol. The lowest BCUT2D eigenvalue weighted by molar-refractivity contribution is -0.129. The van der Waals surface area contributed by atoms with Crippen LogP contribution < -0.4 is 10.1 Å². The van der Waals surface area contributed by atoms with Crippen LogP contribution in [-0.4, -0.2) is 22.3 Å². The highest BCUT2D eigenvalue weighted by Gasteiger charge is 2.42. The lowest BCUT2D eigenvalue weighted by atomic mass is 9.85. The summed E-state index contributed by atoms with van der Waals surface area (Å²) in [6.45, 7) is 2.57. The van der Waals surface area contributed by atoms with Crippen molar-refractivity contribution in [1.29, 1.82) is 0 Å². The highest BCUT2D eigenvalue weighted by atomic mass is 32.2. The fourth-order valence-corrected chi connectivity index (χ4v) is 6.18. The van der Waals surface area contributed by atoms with Crippen LogP contribution in [0.25, 0.3) is 6.08 Å². The third-order valence-electron chi connectivity index (χ3n) is 6.90. The van der Waals surface area contributed by atoms with Gasteiger partial charge < -0.3 is 15.0 Å². The summed E-state index contributed by atoms with van der Waals surface area (Å²) in [7, 11) is 0. The highest BCUT2D eigenvalue weighted by Crippen LogP contribution is 2.42. The lowest BCUT2D eigenvalue weighted by Crippen LogP contribution is -2.48. The highest BCUT2D eigenvalue weighted by molar-refractivity contribution is 8.05. The Morgan fingerprint density at radius 3 is 2.56 bits per heavy atom. The monoisotopic (exact) mass is 502 g/mol. The zero-order valence-electron chi connectivity index (χ0n) is 20.4. The number of nitrogens with zero attached hydrogens (tertiary/aromatic N) is 1. The second kappa shape index (κ2) is 11.2. The standard InChI is InChI=1S/C30H31FN2O2S/c1-21-8-5-6-13-27(21)33-29(34)28(36-30(33)32-25-11-3-2-4-12-25)19-22-14-16-26(17-15-22)35-20-23-9-7-10-24(31)18-23/h2-4,7,9-12,14-19,21,27,30,32H,5-6,8,13,20H2,1H3/b28-19-/t21-,27-,30?/m0/s1. The number of carbonyl (C=O) groups excluding carboxylic acids is 1. The molecule has 1 N–H and O–H groups in total. The van der Waals surface area contributed by atoms with E-state index in [2.05, 4.69) is 17.1 Å². The minimum absolute atomic E-state index is 0.0959. The van der Waals surface area contributed by atoms with Gasteiger partial charge in [0.15, 0.2) is 5.50 Å². The number of amides is 1. The number of anilines is 1. The number of thioether (sulfide) groups is 1. The fraction of sp³-hybridized carbons (Fsp3) is 0.300. The Hall–Kier alpha value is -3.25. The van der Waals surface area contributed by atoms with Crippen LogP contribution in [0, 0.1) is 11.7 Å². The molecule has 0 aromatic heterocycles. The van der Waals surface area contributed by atoms with Crippen molar-refractivity contribution >= 4 is 29.4 Å². The van der Waals surface area contributed by atoms with E-state index in [4.69, 9.17) is 4.74 Å². The van der Waals surface area contributed by atoms with Gasteiger partial charge in [0.1, 0.15) is 18.2 Å². The Morgan fingerprint density at radius 2 is 1.81 bits per heavy atom. The molecule has 1 unspecified atom stereocenters. The predicted octanol–water partition coefficient (Wildman–Crippen LogP) is 7.30. The van der Waals surface area contributed by atoms with E-state index in [-0.39, 0.29) is 23.3 Å². The van der Waals surface area contributed by atoms with Crippen LogP contribution in [0.2, 0.25) is 0 Å². The molecule has 4 nitrogen and oxygen atoms in total. The number of hydrogen-bond acceptors (Lipinski definition) is 4. The molecule has 0 bridgehead atoms. The van der Waals surface area contributed by atoms with E-state index < -0.39 is 0 Å². The second-order valence-electron chi connectivity index (χ2n) is 9.52. The van der Waals surface area contributed by atoms with Gasteiger partial charge in [0.25, 0.3) is 5.91 Å². The van der Waals surface area contributed by atoms with Crippen molar-refractivity contribution in [3.8, 4) is 5.75 Å². The molecule has 2 aliphatic rings. The molecule has 0 spiro atoms. The normalized spacial score (nSPS) is 23.2. The first-order valence-electron chi connectivity index (χ1n) is 12.6. The molecule has 1 aliphatic carbocycles. The van der Waals surface area contributed by atoms with E-state index in [0.717, 1.165) is 41.0 Å². The number of benzene rings is 3. The van der Waals surface area contributed by atoms with E-state index in [0.29, 0.717) is 18.3 Å². The van der Waals surface area contributed by atoms with E-state index in [1.807, 2.05) is 66.7 Å². The number of para-hydroxylation sites is 1. The summed E-state index contributed by atoms with van der Waals surface area (Å²) < 4.78 is 19.2. The molecule has 3 aromatic rings. The first-order chi connectivity index (χ1) is 17.6. The minimum Gasteiger partial charge on any atom is -0.489 e. The summed E-state index contributed by atoms with van der Waals surface area (Å²) in [5.74, 6) is 1.01. The first-order valence-corrected chi connectivity index (χ1v) is 13.4. The smallest absolute Gasteiger partial charge is 0.262 e. The van der Waals surface area contributed by atoms with Crippen molar-refractivity contribution in [2.45, 2.75) is 50.8 Å². The largest absolute Gasteiger partial charge is 0.489 e. The Morgan fingerprint density at radius 1 is 1.03 bits per heavy atom. The molecule has 1 amide bonds. The molecule has 6 heteroatoms. The summed E-state index contributed by atoms with van der Waals surface area (Å²) >= 11 is 1.58. The number of nitrogens with one attached hydrogen (secondary N) is 1. The summed E-state index contributed by atoms with van der Waals surface area (Å²) in [6, 6.07) is 24.4. The number of ether oxygens (including phenoxy) is 1. The second-order valence-corrected chi connectivity index (χ2v) is 10.6. The van der Waals surface area contributed by atoms with Crippen molar-refractivity contribution in [3.05, 3.63) is 101 Å². The van der Waals surface area contributed by atoms with Gasteiger partial charge in [-0.25, -0.2) is 4.39 Å². The van der Waals surface area contributed by atoms with Gasteiger partial charge in [0, 0.05) is 11.7 Å². The number of hydrogen-bond donors (Lipinski definition) is 1. The van der Waals surface area contributed by atoms with E-state index in [1.165, 1.54) is 18.6 Å². The van der Waals surface area contributed by atoms with Crippen molar-refractivity contribution in [2.75, 3.05) is 5.32 Å². The van der Waals surface area contributed by atoms with Crippen LogP contribution in [0.3, 0.4) is 0 Å². The topological polar surface area (TPSA) is 41.6 Å². The van der Waals surface area contributed by atoms with E-state index >= 15 is 0 Å². The van der Waals surface area contributed by atoms with Gasteiger partial charge in [0.2, 0.25) is 0 Å². The molecule has 0 radical (unpaired) electrons. The maximum atomic E-state index is 13.7. The average Bonchev–Trinajstić information content (AvgIpc) is 3.18. The molecule has 36 heavy (non-hydrogen) atoms. The molecule has 3 atom stereocenters. The van der Waals surface area contributed by atoms with Crippen molar-refractivity contribution < 1.29 is 13.9 Å². The van der Waals surface area contributed by atoms with Gasteiger partial charge in [-0.15, -0.1) is 0 Å². The Balaban J connectivity index is 1.32. The maximum absolute atomic E-state index is 13.7. The summed E-state index contributed by atoms with van der Waals surface area (Å²) in [4.78, 5) is 16.5. The SMILES string of the molecule is C[C@H]1CCCC[C@@H]1N1C(=O)/C(=C/c2ccc(OCc3cccc(F)c3)cc2)SC1Nc1ccccc1. The summed E-state index contributed by atoms with van der Waals surface area (Å²) in [5.41, 5.74) is 2.60. The molecule has 1 saturated heterocycles. The third kappa shape index (κ3) is 5.76. The Labute approximate surface area is 216 Å². The molecule has 5 rings (SSSR count). The van der Waals surface area contributed by atoms with Crippen molar-refractivity contribution in [1.82, 2.24) is 4.90 Å². The maximum Gasteiger partial charge on any atom is 0.262 e. The van der Waals surface area contributed by atoms with Gasteiger partial charge in [0.05, 0.1) is 4.91 Å². The van der Waals surface area contributed by atoms with Crippen LogP contribution in [0.4, 0.5) is 10.1 Å². The molecular formula is C30H31FN2O2S. The first kappa shape index (κ1) is 24.4. The zero-order valence-corrected chi connectivity index (χ0v) is 21.2. The van der Waals surface area contributed by atoms with E-state index in [1.54, 1.807) is 17.8 Å². The van der Waals surface area contributed by atoms with Crippen LogP contribution in [-0.2, 0) is 11.4 Å². The number of carbonyl (C=O) groups is 1. The molecule has 2 fully saturated rings. The predicted molar refractivity (Wildman–Crippen MR) is 145 cm³/mol. The van der Waals surface area contributed by atoms with Gasteiger partial charge >= 0.3 is 0 Å². The van der Waals surface area contributed by atoms with Gasteiger partial charge in [-0.05, 0) is 72.4 Å². The molecule has 186 valence electrons. The minimum atomic E-state index is -0.270. The molecule has 1 aliphatic heterocycles. The lowest BCUT2D eigenvalue weighted by Gasteiger charge is -2.39. The fourth-order valence-electron chi connectivity index (χ4n) is 4.97. The quantitative estimate of drug-likeness (QED) is 0.344. The van der Waals surface area contributed by atoms with Gasteiger partial charge in [-0.1, -0.05) is 74.0 Å². The zero-order chi connectivity index (χ0) is 24.9. The third-order valence-corrected chi connectivity index (χ3v) is 8.01.